The van der Waals surface area contributed by atoms with Gasteiger partial charge in [-0.15, -0.1) is 0 Å². The minimum atomic E-state index is -3.09. The summed E-state index contributed by atoms with van der Waals surface area (Å²) in [7, 11) is -9.17. The summed E-state index contributed by atoms with van der Waals surface area (Å²) in [6, 6.07) is 0.472. The maximum Gasteiger partial charge on any atom is 0.469 e. The summed E-state index contributed by atoms with van der Waals surface area (Å²) < 4.78 is 19.9. The lowest BCUT2D eigenvalue weighted by Crippen LogP contribution is -2.60. The van der Waals surface area contributed by atoms with Gasteiger partial charge in [-0.25, -0.2) is 9.59 Å². The molecule has 0 atom stereocenters. The largest absolute Gasteiger partial charge is 0.478 e. The Morgan fingerprint density at radius 2 is 1.06 bits per heavy atom. The molecule has 0 aliphatic carbocycles. The van der Waals surface area contributed by atoms with Crippen LogP contribution in [0.15, 0.2) is 11.1 Å². The summed E-state index contributed by atoms with van der Waals surface area (Å²) >= 11 is 0. The zero-order valence-corrected chi connectivity index (χ0v) is 25.6. The molecule has 182 valence electrons. The molecule has 0 radical (unpaired) electrons. The van der Waals surface area contributed by atoms with E-state index in [9.17, 15) is 19.8 Å². The summed E-state index contributed by atoms with van der Waals surface area (Å²) in [4.78, 5) is 23.8. The minimum absolute atomic E-state index is 0.0584. The first kappa shape index (κ1) is 30.4. The molecule has 0 saturated carbocycles. The zero-order chi connectivity index (χ0) is 25.1. The molecule has 0 saturated heterocycles. The molecule has 0 aromatic heterocycles. The van der Waals surface area contributed by atoms with Gasteiger partial charge < -0.3 is 22.6 Å². The van der Waals surface area contributed by atoms with Crippen LogP contribution in [-0.4, -0.2) is 55.9 Å². The van der Waals surface area contributed by atoms with Gasteiger partial charge in [0.2, 0.25) is 0 Å². The number of carboxylic acid groups (broad SMARTS) is 2. The Hall–Kier alpha value is -0.572. The number of aliphatic carboxylic acids is 2. The molecular formula is C20H44O7Si4. The molecule has 0 heterocycles. The number of hydrogen-bond donors (Lipinski definition) is 2. The number of hydrogen-bond acceptors (Lipinski definition) is 5. The van der Waals surface area contributed by atoms with E-state index in [0.29, 0.717) is 12.5 Å². The van der Waals surface area contributed by atoms with Crippen LogP contribution in [0.2, 0.25) is 65.0 Å². The molecule has 0 rings (SSSR count). The number of rotatable bonds is 12. The zero-order valence-electron chi connectivity index (χ0n) is 21.6. The third-order valence-electron chi connectivity index (χ3n) is 3.82. The van der Waals surface area contributed by atoms with Crippen LogP contribution in [0.25, 0.3) is 0 Å². The molecule has 0 spiro atoms. The third-order valence-corrected chi connectivity index (χ3v) is 15.9. The molecule has 0 aromatic carbocycles. The molecular weight excluding hydrogens is 465 g/mol. The second-order valence-electron chi connectivity index (χ2n) is 11.9. The van der Waals surface area contributed by atoms with Gasteiger partial charge in [0.05, 0.1) is 5.57 Å². The topological polar surface area (TPSA) is 102 Å². The van der Waals surface area contributed by atoms with Gasteiger partial charge in [-0.3, -0.25) is 0 Å². The Labute approximate surface area is 192 Å². The quantitative estimate of drug-likeness (QED) is 0.255. The first-order valence-corrected chi connectivity index (χ1v) is 22.9. The van der Waals surface area contributed by atoms with Gasteiger partial charge in [0, 0.05) is 11.6 Å². The van der Waals surface area contributed by atoms with Crippen molar-refractivity contribution in [2.75, 3.05) is 0 Å². The second-order valence-corrected chi connectivity index (χ2v) is 28.9. The highest BCUT2D eigenvalue weighted by molar-refractivity contribution is 6.90. The molecule has 2 N–H and O–H groups in total. The second kappa shape index (κ2) is 10.6. The highest BCUT2D eigenvalue weighted by atomic mass is 28.5. The molecule has 11 heteroatoms. The van der Waals surface area contributed by atoms with Gasteiger partial charge in [-0.1, -0.05) is 20.8 Å². The fraction of sp³-hybridized carbons (Fsp3) is 0.800. The summed E-state index contributed by atoms with van der Waals surface area (Å²) in [6.07, 6.45) is 0.558. The Balaban J connectivity index is 6.15. The van der Waals surface area contributed by atoms with E-state index in [1.165, 1.54) is 0 Å². The number of carboxylic acids is 2. The van der Waals surface area contributed by atoms with E-state index < -0.39 is 51.1 Å². The van der Waals surface area contributed by atoms with Crippen molar-refractivity contribution >= 4 is 45.7 Å². The maximum atomic E-state index is 12.0. The first-order chi connectivity index (χ1) is 13.5. The van der Waals surface area contributed by atoms with Gasteiger partial charge in [0.15, 0.2) is 25.0 Å². The fourth-order valence-corrected chi connectivity index (χ4v) is 18.0. The summed E-state index contributed by atoms with van der Waals surface area (Å²) in [5.74, 6) is -2.38. The lowest BCUT2D eigenvalue weighted by molar-refractivity contribution is -0.137. The summed E-state index contributed by atoms with van der Waals surface area (Å²) in [5.41, 5.74) is -0.903. The minimum Gasteiger partial charge on any atom is -0.478 e. The van der Waals surface area contributed by atoms with Gasteiger partial charge >= 0.3 is 20.7 Å². The van der Waals surface area contributed by atoms with Crippen LogP contribution in [0.4, 0.5) is 0 Å². The highest BCUT2D eigenvalue weighted by Crippen LogP contribution is 2.34. The Kier molecular flexibility index (Phi) is 10.4. The van der Waals surface area contributed by atoms with E-state index in [2.05, 4.69) is 58.9 Å². The van der Waals surface area contributed by atoms with Crippen LogP contribution in [0.5, 0.6) is 0 Å². The molecule has 0 amide bonds. The average Bonchev–Trinajstić information content (AvgIpc) is 2.37. The van der Waals surface area contributed by atoms with Crippen molar-refractivity contribution in [3.63, 3.8) is 0 Å². The van der Waals surface area contributed by atoms with E-state index in [0.717, 1.165) is 0 Å². The van der Waals surface area contributed by atoms with Gasteiger partial charge in [-0.05, 0) is 77.2 Å². The molecule has 0 fully saturated rings. The van der Waals surface area contributed by atoms with Crippen molar-refractivity contribution in [2.24, 2.45) is 5.41 Å². The molecule has 0 aliphatic heterocycles. The van der Waals surface area contributed by atoms with Crippen LogP contribution in [0.3, 0.4) is 0 Å². The normalized spacial score (nSPS) is 15.0. The van der Waals surface area contributed by atoms with Crippen LogP contribution < -0.4 is 0 Å². The summed E-state index contributed by atoms with van der Waals surface area (Å²) in [5, 5.41) is 19.4. The van der Waals surface area contributed by atoms with Crippen molar-refractivity contribution in [1.29, 1.82) is 0 Å². The standard InChI is InChI=1S/C20H44O7Si4/c1-20(2,3)17(19(23)24)16(18(21)22)14-13-15-31(25-28(4,5)6,26-29(7,8)9)27-30(10,11)12/h13-15H2,1-12H3,(H,21,22)(H,23,24). The number of carbonyl (C=O) groups is 2. The molecule has 7 nitrogen and oxygen atoms in total. The van der Waals surface area contributed by atoms with E-state index in [1.807, 2.05) is 0 Å². The predicted molar refractivity (Wildman–Crippen MR) is 135 cm³/mol. The van der Waals surface area contributed by atoms with Crippen LogP contribution in [0.1, 0.15) is 33.6 Å². The third kappa shape index (κ3) is 12.3. The predicted octanol–water partition coefficient (Wildman–Crippen LogP) is 5.77. The molecule has 0 unspecified atom stereocenters. The van der Waals surface area contributed by atoms with E-state index >= 15 is 0 Å². The van der Waals surface area contributed by atoms with E-state index in [-0.39, 0.29) is 17.6 Å². The Morgan fingerprint density at radius 1 is 0.710 bits per heavy atom. The van der Waals surface area contributed by atoms with Crippen molar-refractivity contribution in [2.45, 2.75) is 98.6 Å². The van der Waals surface area contributed by atoms with Crippen LogP contribution in [-0.2, 0) is 21.9 Å². The van der Waals surface area contributed by atoms with Crippen molar-refractivity contribution < 1.29 is 32.1 Å². The van der Waals surface area contributed by atoms with Crippen LogP contribution >= 0.6 is 0 Å². The van der Waals surface area contributed by atoms with Gasteiger partial charge in [0.25, 0.3) is 0 Å². The van der Waals surface area contributed by atoms with Gasteiger partial charge in [-0.2, -0.15) is 0 Å². The van der Waals surface area contributed by atoms with Crippen molar-refractivity contribution in [1.82, 2.24) is 0 Å². The lowest BCUT2D eigenvalue weighted by atomic mass is 9.82. The van der Waals surface area contributed by atoms with E-state index in [4.69, 9.17) is 12.3 Å². The molecule has 0 aromatic rings. The SMILES string of the molecule is CC(C)(C)C(C(=O)O)=C(CCC[Si](O[Si](C)(C)C)(O[Si](C)(C)C)O[Si](C)(C)C)C(=O)O. The molecule has 0 bridgehead atoms. The Bertz CT molecular complexity index is 637. The fourth-order valence-electron chi connectivity index (χ4n) is 3.34. The first-order valence-electron chi connectivity index (χ1n) is 10.8. The Morgan fingerprint density at radius 3 is 1.29 bits per heavy atom. The van der Waals surface area contributed by atoms with Crippen molar-refractivity contribution in [3.05, 3.63) is 11.1 Å². The van der Waals surface area contributed by atoms with E-state index in [1.54, 1.807) is 20.8 Å². The van der Waals surface area contributed by atoms with Crippen LogP contribution in [0, 0.1) is 5.41 Å². The molecule has 0 aliphatic rings. The highest BCUT2D eigenvalue weighted by Gasteiger charge is 2.49. The lowest BCUT2D eigenvalue weighted by Gasteiger charge is -2.43. The smallest absolute Gasteiger partial charge is 0.469 e. The van der Waals surface area contributed by atoms with Gasteiger partial charge in [0.1, 0.15) is 0 Å². The maximum absolute atomic E-state index is 12.0. The van der Waals surface area contributed by atoms with Crippen molar-refractivity contribution in [3.8, 4) is 0 Å². The monoisotopic (exact) mass is 508 g/mol. The average molecular weight is 509 g/mol. The molecule has 31 heavy (non-hydrogen) atoms. The summed E-state index contributed by atoms with van der Waals surface area (Å²) in [6.45, 7) is 24.0.